The molecule has 3 heteroatoms. The maximum atomic E-state index is 8.77. The Morgan fingerprint density at radius 1 is 1.38 bits per heavy atom. The largest absolute Gasteiger partial charge is 0.271 e. The van der Waals surface area contributed by atoms with Gasteiger partial charge in [-0.25, -0.2) is 0 Å². The molecule has 1 aromatic carbocycles. The summed E-state index contributed by atoms with van der Waals surface area (Å²) in [5, 5.41) is 8.77. The van der Waals surface area contributed by atoms with Gasteiger partial charge < -0.3 is 0 Å². The fraction of sp³-hybridized carbons (Fsp3) is 0.300. The molecule has 0 spiro atoms. The Bertz CT molecular complexity index is 276. The van der Waals surface area contributed by atoms with Crippen LogP contribution in [0.5, 0.6) is 0 Å². The monoisotopic (exact) mass is 175 g/mol. The SMILES string of the molecule is N#CC(CNN)Cc1ccccc1. The fourth-order valence-corrected chi connectivity index (χ4v) is 1.20. The van der Waals surface area contributed by atoms with Crippen LogP contribution in [0.3, 0.4) is 0 Å². The molecule has 1 atom stereocenters. The standard InChI is InChI=1S/C10H13N3/c11-7-10(8-13-12)6-9-4-2-1-3-5-9/h1-5,10,13H,6,8,12H2. The van der Waals surface area contributed by atoms with Crippen molar-refractivity contribution in [1.29, 1.82) is 5.26 Å². The first kappa shape index (κ1) is 9.72. The number of rotatable bonds is 4. The zero-order chi connectivity index (χ0) is 9.52. The molecule has 0 fully saturated rings. The summed E-state index contributed by atoms with van der Waals surface area (Å²) in [5.74, 6) is 5.11. The van der Waals surface area contributed by atoms with Crippen LogP contribution in [-0.2, 0) is 6.42 Å². The predicted molar refractivity (Wildman–Crippen MR) is 51.4 cm³/mol. The second kappa shape index (κ2) is 5.31. The lowest BCUT2D eigenvalue weighted by atomic mass is 10.0. The number of hydrazine groups is 1. The van der Waals surface area contributed by atoms with Crippen molar-refractivity contribution in [3.05, 3.63) is 35.9 Å². The molecule has 3 N–H and O–H groups in total. The van der Waals surface area contributed by atoms with E-state index in [0.29, 0.717) is 6.54 Å². The van der Waals surface area contributed by atoms with Gasteiger partial charge in [-0.3, -0.25) is 11.3 Å². The summed E-state index contributed by atoms with van der Waals surface area (Å²) in [6.45, 7) is 0.533. The van der Waals surface area contributed by atoms with E-state index in [1.807, 2.05) is 30.3 Å². The van der Waals surface area contributed by atoms with E-state index in [4.69, 9.17) is 11.1 Å². The zero-order valence-corrected chi connectivity index (χ0v) is 7.40. The Kier molecular flexibility index (Phi) is 3.97. The van der Waals surface area contributed by atoms with Crippen LogP contribution in [0.25, 0.3) is 0 Å². The van der Waals surface area contributed by atoms with Crippen molar-refractivity contribution in [2.75, 3.05) is 6.54 Å². The second-order valence-electron chi connectivity index (χ2n) is 2.92. The van der Waals surface area contributed by atoms with Crippen molar-refractivity contribution < 1.29 is 0 Å². The number of nitrogens with two attached hydrogens (primary N) is 1. The first-order valence-corrected chi connectivity index (χ1v) is 4.24. The molecule has 0 bridgehead atoms. The molecule has 13 heavy (non-hydrogen) atoms. The molecule has 0 aliphatic rings. The molecule has 1 aromatic rings. The number of nitrogens with zero attached hydrogens (tertiary/aromatic N) is 1. The van der Waals surface area contributed by atoms with Crippen molar-refractivity contribution in [3.63, 3.8) is 0 Å². The van der Waals surface area contributed by atoms with E-state index in [1.54, 1.807) is 0 Å². The minimum Gasteiger partial charge on any atom is -0.271 e. The summed E-state index contributed by atoms with van der Waals surface area (Å²) in [4.78, 5) is 0. The number of hydrogen-bond acceptors (Lipinski definition) is 3. The van der Waals surface area contributed by atoms with Crippen LogP contribution in [0, 0.1) is 17.2 Å². The molecule has 0 aliphatic heterocycles. The topological polar surface area (TPSA) is 61.8 Å². The predicted octanol–water partition coefficient (Wildman–Crippen LogP) is 0.832. The first-order valence-electron chi connectivity index (χ1n) is 4.24. The van der Waals surface area contributed by atoms with Crippen molar-refractivity contribution in [2.45, 2.75) is 6.42 Å². The third kappa shape index (κ3) is 3.24. The highest BCUT2D eigenvalue weighted by Gasteiger charge is 2.06. The van der Waals surface area contributed by atoms with Gasteiger partial charge in [0.2, 0.25) is 0 Å². The Labute approximate surface area is 78.1 Å². The van der Waals surface area contributed by atoms with Crippen molar-refractivity contribution >= 4 is 0 Å². The number of benzene rings is 1. The Morgan fingerprint density at radius 3 is 2.62 bits per heavy atom. The summed E-state index contributed by atoms with van der Waals surface area (Å²) in [7, 11) is 0. The van der Waals surface area contributed by atoms with Gasteiger partial charge in [-0.2, -0.15) is 5.26 Å². The van der Waals surface area contributed by atoms with Gasteiger partial charge in [0.25, 0.3) is 0 Å². The molecule has 0 radical (unpaired) electrons. The van der Waals surface area contributed by atoms with Gasteiger partial charge in [-0.05, 0) is 12.0 Å². The van der Waals surface area contributed by atoms with Crippen LogP contribution in [0.4, 0.5) is 0 Å². The molecule has 0 aliphatic carbocycles. The Hall–Kier alpha value is -1.37. The van der Waals surface area contributed by atoms with Gasteiger partial charge in [0.05, 0.1) is 12.0 Å². The lowest BCUT2D eigenvalue weighted by Crippen LogP contribution is -2.29. The highest BCUT2D eigenvalue weighted by Crippen LogP contribution is 2.06. The van der Waals surface area contributed by atoms with E-state index < -0.39 is 0 Å². The molecule has 0 saturated heterocycles. The van der Waals surface area contributed by atoms with Crippen LogP contribution in [0.1, 0.15) is 5.56 Å². The third-order valence-electron chi connectivity index (χ3n) is 1.87. The summed E-state index contributed by atoms with van der Waals surface area (Å²) in [6.07, 6.45) is 0.752. The normalized spacial score (nSPS) is 12.0. The van der Waals surface area contributed by atoms with Gasteiger partial charge in [0.15, 0.2) is 0 Å². The van der Waals surface area contributed by atoms with Crippen LogP contribution < -0.4 is 11.3 Å². The zero-order valence-electron chi connectivity index (χ0n) is 7.40. The van der Waals surface area contributed by atoms with Crippen LogP contribution in [0.2, 0.25) is 0 Å². The van der Waals surface area contributed by atoms with E-state index in [1.165, 1.54) is 5.56 Å². The minimum absolute atomic E-state index is 0.0487. The molecule has 3 nitrogen and oxygen atoms in total. The van der Waals surface area contributed by atoms with Crippen molar-refractivity contribution in [1.82, 2.24) is 5.43 Å². The van der Waals surface area contributed by atoms with Gasteiger partial charge in [-0.15, -0.1) is 0 Å². The molecular weight excluding hydrogens is 162 g/mol. The molecular formula is C10H13N3. The van der Waals surface area contributed by atoms with Crippen LogP contribution >= 0.6 is 0 Å². The lowest BCUT2D eigenvalue weighted by molar-refractivity contribution is 0.580. The molecule has 0 saturated carbocycles. The second-order valence-corrected chi connectivity index (χ2v) is 2.92. The Morgan fingerprint density at radius 2 is 2.08 bits per heavy atom. The molecule has 0 aromatic heterocycles. The molecule has 0 heterocycles. The minimum atomic E-state index is -0.0487. The molecule has 68 valence electrons. The molecule has 1 rings (SSSR count). The summed E-state index contributed by atoms with van der Waals surface area (Å²) >= 11 is 0. The van der Waals surface area contributed by atoms with Gasteiger partial charge in [0.1, 0.15) is 0 Å². The number of hydrogen-bond donors (Lipinski definition) is 2. The van der Waals surface area contributed by atoms with E-state index >= 15 is 0 Å². The van der Waals surface area contributed by atoms with Gasteiger partial charge in [0, 0.05) is 6.54 Å². The van der Waals surface area contributed by atoms with Gasteiger partial charge in [-0.1, -0.05) is 30.3 Å². The summed E-state index contributed by atoms with van der Waals surface area (Å²) < 4.78 is 0. The van der Waals surface area contributed by atoms with E-state index in [2.05, 4.69) is 11.5 Å². The third-order valence-corrected chi connectivity index (χ3v) is 1.87. The van der Waals surface area contributed by atoms with E-state index in [9.17, 15) is 0 Å². The molecule has 0 amide bonds. The average molecular weight is 175 g/mol. The van der Waals surface area contributed by atoms with Crippen molar-refractivity contribution in [3.8, 4) is 6.07 Å². The fourth-order valence-electron chi connectivity index (χ4n) is 1.20. The summed E-state index contributed by atoms with van der Waals surface area (Å²) in [5.41, 5.74) is 3.69. The highest BCUT2D eigenvalue weighted by molar-refractivity contribution is 5.16. The number of nitriles is 1. The quantitative estimate of drug-likeness (QED) is 0.526. The van der Waals surface area contributed by atoms with Crippen LogP contribution in [-0.4, -0.2) is 6.54 Å². The van der Waals surface area contributed by atoms with Gasteiger partial charge >= 0.3 is 0 Å². The smallest absolute Gasteiger partial charge is 0.0673 e. The highest BCUT2D eigenvalue weighted by atomic mass is 15.2. The lowest BCUT2D eigenvalue weighted by Gasteiger charge is -2.07. The Balaban J connectivity index is 2.53. The van der Waals surface area contributed by atoms with Crippen molar-refractivity contribution in [2.24, 2.45) is 11.8 Å². The number of nitrogens with one attached hydrogen (secondary N) is 1. The van der Waals surface area contributed by atoms with Crippen LogP contribution in [0.15, 0.2) is 30.3 Å². The van der Waals surface area contributed by atoms with E-state index in [0.717, 1.165) is 6.42 Å². The average Bonchev–Trinajstić information content (AvgIpc) is 2.19. The summed E-state index contributed by atoms with van der Waals surface area (Å²) in [6, 6.07) is 12.1. The first-order chi connectivity index (χ1) is 6.36. The maximum Gasteiger partial charge on any atom is 0.0673 e. The maximum absolute atomic E-state index is 8.77. The van der Waals surface area contributed by atoms with E-state index in [-0.39, 0.29) is 5.92 Å². The molecule has 1 unspecified atom stereocenters.